The Balaban J connectivity index is 3.13. The molecule has 0 bridgehead atoms. The van der Waals surface area contributed by atoms with E-state index in [9.17, 15) is 0 Å². The van der Waals surface area contributed by atoms with Crippen LogP contribution in [-0.2, 0) is 0 Å². The summed E-state index contributed by atoms with van der Waals surface area (Å²) in [5, 5.41) is 9.08. The molecule has 0 saturated carbocycles. The molecule has 0 aromatic heterocycles. The topological polar surface area (TPSA) is 33.0 Å². The Bertz CT molecular complexity index is 605. The summed E-state index contributed by atoms with van der Waals surface area (Å²) < 4.78 is 6.26. The van der Waals surface area contributed by atoms with Gasteiger partial charge in [-0.05, 0) is 47.9 Å². The maximum atomic E-state index is 9.08. The molecule has 0 spiro atoms. The summed E-state index contributed by atoms with van der Waals surface area (Å²) in [4.78, 5) is 0. The van der Waals surface area contributed by atoms with Crippen molar-refractivity contribution in [2.45, 2.75) is 85.5 Å². The predicted octanol–water partition coefficient (Wildman–Crippen LogP) is 7.21. The van der Waals surface area contributed by atoms with Gasteiger partial charge in [-0.25, -0.2) is 0 Å². The van der Waals surface area contributed by atoms with Crippen LogP contribution in [0.4, 0.5) is 0 Å². The van der Waals surface area contributed by atoms with Crippen LogP contribution < -0.4 is 4.74 Å². The summed E-state index contributed by atoms with van der Waals surface area (Å²) in [6.45, 7) is 13.8. The monoisotopic (exact) mass is 341 g/mol. The number of rotatable bonds is 10. The van der Waals surface area contributed by atoms with Crippen molar-refractivity contribution in [1.29, 1.82) is 5.26 Å². The predicted molar refractivity (Wildman–Crippen MR) is 108 cm³/mol. The lowest BCUT2D eigenvalue weighted by Gasteiger charge is -2.21. The van der Waals surface area contributed by atoms with Gasteiger partial charge < -0.3 is 4.74 Å². The maximum Gasteiger partial charge on any atom is 0.130 e. The highest BCUT2D eigenvalue weighted by Crippen LogP contribution is 2.37. The molecule has 0 unspecified atom stereocenters. The number of ether oxygens (including phenoxy) is 1. The molecule has 1 aromatic rings. The van der Waals surface area contributed by atoms with Crippen LogP contribution in [0.1, 0.15) is 102 Å². The van der Waals surface area contributed by atoms with E-state index < -0.39 is 0 Å². The van der Waals surface area contributed by atoms with Crippen molar-refractivity contribution in [3.8, 4) is 11.8 Å². The van der Waals surface area contributed by atoms with E-state index in [1.54, 1.807) is 6.08 Å². The largest absolute Gasteiger partial charge is 0.493 e. The Morgan fingerprint density at radius 2 is 1.76 bits per heavy atom. The van der Waals surface area contributed by atoms with E-state index in [1.807, 2.05) is 6.92 Å². The van der Waals surface area contributed by atoms with Crippen molar-refractivity contribution in [1.82, 2.24) is 0 Å². The van der Waals surface area contributed by atoms with Crippen molar-refractivity contribution >= 4 is 5.57 Å². The molecule has 0 aliphatic carbocycles. The van der Waals surface area contributed by atoms with Crippen LogP contribution in [0.5, 0.6) is 5.75 Å². The SMILES string of the molecule is CCCCCCCOc1c(C(C)=CC#N)cc(C(C)C)cc1C(C)C. The molecule has 0 aliphatic rings. The van der Waals surface area contributed by atoms with Gasteiger partial charge in [-0.2, -0.15) is 5.26 Å². The summed E-state index contributed by atoms with van der Waals surface area (Å²) >= 11 is 0. The van der Waals surface area contributed by atoms with E-state index in [2.05, 4.69) is 52.8 Å². The smallest absolute Gasteiger partial charge is 0.130 e. The Morgan fingerprint density at radius 1 is 1.08 bits per heavy atom. The van der Waals surface area contributed by atoms with Gasteiger partial charge in [0.15, 0.2) is 0 Å². The zero-order chi connectivity index (χ0) is 18.8. The molecule has 0 amide bonds. The summed E-state index contributed by atoms with van der Waals surface area (Å²) in [5.74, 6) is 1.82. The molecular formula is C23H35NO. The normalized spacial score (nSPS) is 11.9. The highest BCUT2D eigenvalue weighted by atomic mass is 16.5. The van der Waals surface area contributed by atoms with Crippen molar-refractivity contribution in [2.75, 3.05) is 6.61 Å². The molecule has 0 aliphatic heterocycles. The average molecular weight is 342 g/mol. The molecule has 2 heteroatoms. The number of hydrogen-bond acceptors (Lipinski definition) is 2. The van der Waals surface area contributed by atoms with Crippen molar-refractivity contribution in [3.05, 3.63) is 34.9 Å². The second-order valence-corrected chi connectivity index (χ2v) is 7.52. The molecule has 0 saturated heterocycles. The quantitative estimate of drug-likeness (QED) is 0.333. The van der Waals surface area contributed by atoms with Gasteiger partial charge in [-0.3, -0.25) is 0 Å². The van der Waals surface area contributed by atoms with Crippen LogP contribution in [0.2, 0.25) is 0 Å². The van der Waals surface area contributed by atoms with Gasteiger partial charge in [-0.1, -0.05) is 66.4 Å². The van der Waals surface area contributed by atoms with Crippen LogP contribution in [0.15, 0.2) is 18.2 Å². The first kappa shape index (κ1) is 21.3. The van der Waals surface area contributed by atoms with E-state index in [4.69, 9.17) is 10.00 Å². The fourth-order valence-electron chi connectivity index (χ4n) is 2.95. The van der Waals surface area contributed by atoms with E-state index in [-0.39, 0.29) is 0 Å². The second kappa shape index (κ2) is 11.0. The molecule has 0 N–H and O–H groups in total. The number of nitrogens with zero attached hydrogens (tertiary/aromatic N) is 1. The number of benzene rings is 1. The fourth-order valence-corrected chi connectivity index (χ4v) is 2.95. The number of nitriles is 1. The third kappa shape index (κ3) is 6.58. The second-order valence-electron chi connectivity index (χ2n) is 7.52. The lowest BCUT2D eigenvalue weighted by Crippen LogP contribution is -2.06. The van der Waals surface area contributed by atoms with Crippen LogP contribution in [0.25, 0.3) is 5.57 Å². The minimum atomic E-state index is 0.391. The van der Waals surface area contributed by atoms with Crippen molar-refractivity contribution in [3.63, 3.8) is 0 Å². The van der Waals surface area contributed by atoms with E-state index in [0.717, 1.165) is 29.9 Å². The van der Waals surface area contributed by atoms with E-state index in [0.29, 0.717) is 11.8 Å². The molecule has 0 atom stereocenters. The fraction of sp³-hybridized carbons (Fsp3) is 0.609. The highest BCUT2D eigenvalue weighted by molar-refractivity contribution is 5.73. The van der Waals surface area contributed by atoms with Crippen LogP contribution in [0, 0.1) is 11.3 Å². The van der Waals surface area contributed by atoms with Gasteiger partial charge in [0.25, 0.3) is 0 Å². The zero-order valence-corrected chi connectivity index (χ0v) is 17.0. The Labute approximate surface area is 154 Å². The van der Waals surface area contributed by atoms with Crippen LogP contribution in [0.3, 0.4) is 0 Å². The third-order valence-electron chi connectivity index (χ3n) is 4.63. The van der Waals surface area contributed by atoms with Gasteiger partial charge in [0, 0.05) is 11.6 Å². The van der Waals surface area contributed by atoms with E-state index >= 15 is 0 Å². The van der Waals surface area contributed by atoms with Gasteiger partial charge in [-0.15, -0.1) is 0 Å². The molecule has 0 radical (unpaired) electrons. The highest BCUT2D eigenvalue weighted by Gasteiger charge is 2.17. The number of unbranched alkanes of at least 4 members (excludes halogenated alkanes) is 4. The van der Waals surface area contributed by atoms with Crippen molar-refractivity contribution in [2.24, 2.45) is 0 Å². The molecule has 0 heterocycles. The summed E-state index contributed by atoms with van der Waals surface area (Å²) in [5.41, 5.74) is 4.61. The molecule has 138 valence electrons. The molecule has 1 rings (SSSR count). The average Bonchev–Trinajstić information content (AvgIpc) is 2.57. The minimum Gasteiger partial charge on any atom is -0.493 e. The minimum absolute atomic E-state index is 0.391. The zero-order valence-electron chi connectivity index (χ0n) is 17.0. The van der Waals surface area contributed by atoms with E-state index in [1.165, 1.54) is 36.8 Å². The Kier molecular flexibility index (Phi) is 9.35. The van der Waals surface area contributed by atoms with Crippen LogP contribution in [-0.4, -0.2) is 6.61 Å². The lowest BCUT2D eigenvalue weighted by atomic mass is 9.89. The summed E-state index contributed by atoms with van der Waals surface area (Å²) in [6, 6.07) is 6.65. The number of hydrogen-bond donors (Lipinski definition) is 0. The van der Waals surface area contributed by atoms with Gasteiger partial charge in [0.1, 0.15) is 5.75 Å². The van der Waals surface area contributed by atoms with Crippen LogP contribution >= 0.6 is 0 Å². The first-order chi connectivity index (χ1) is 11.9. The van der Waals surface area contributed by atoms with Gasteiger partial charge in [0.2, 0.25) is 0 Å². The molecule has 2 nitrogen and oxygen atoms in total. The molecule has 1 aromatic carbocycles. The number of allylic oxidation sites excluding steroid dienone is 2. The lowest BCUT2D eigenvalue weighted by molar-refractivity contribution is 0.299. The Morgan fingerprint density at radius 3 is 2.32 bits per heavy atom. The maximum absolute atomic E-state index is 9.08. The van der Waals surface area contributed by atoms with Gasteiger partial charge >= 0.3 is 0 Å². The third-order valence-corrected chi connectivity index (χ3v) is 4.63. The molecule has 0 fully saturated rings. The first-order valence-corrected chi connectivity index (χ1v) is 9.79. The Hall–Kier alpha value is -1.75. The summed E-state index contributed by atoms with van der Waals surface area (Å²) in [6.07, 6.45) is 7.77. The summed E-state index contributed by atoms with van der Waals surface area (Å²) in [7, 11) is 0. The standard InChI is InChI=1S/C23H35NO/c1-7-8-9-10-11-14-25-23-21(18(4)5)15-20(17(2)3)16-22(23)19(6)12-13-24/h12,15-18H,7-11,14H2,1-6H3. The first-order valence-electron chi connectivity index (χ1n) is 9.79. The van der Waals surface area contributed by atoms with Crippen molar-refractivity contribution < 1.29 is 4.74 Å². The molecule has 25 heavy (non-hydrogen) atoms. The molecular weight excluding hydrogens is 306 g/mol. The van der Waals surface area contributed by atoms with Gasteiger partial charge in [0.05, 0.1) is 12.7 Å².